The molecule has 1 amide bonds. The average Bonchev–Trinajstić information content (AvgIpc) is 3.28. The van der Waals surface area contributed by atoms with Crippen LogP contribution in [0.25, 0.3) is 16.2 Å². The maximum Gasteiger partial charge on any atom is 0.271 e. The van der Waals surface area contributed by atoms with Crippen molar-refractivity contribution in [1.82, 2.24) is 14.3 Å². The van der Waals surface area contributed by atoms with Crippen molar-refractivity contribution in [3.05, 3.63) is 47.6 Å². The van der Waals surface area contributed by atoms with Gasteiger partial charge in [0, 0.05) is 37.3 Å². The summed E-state index contributed by atoms with van der Waals surface area (Å²) < 4.78 is 7.68. The van der Waals surface area contributed by atoms with Crippen molar-refractivity contribution >= 4 is 22.2 Å². The largest absolute Gasteiger partial charge is 0.378 e. The van der Waals surface area contributed by atoms with Crippen molar-refractivity contribution in [1.29, 1.82) is 0 Å². The number of carbonyl (C=O) groups is 1. The second kappa shape index (κ2) is 7.60. The van der Waals surface area contributed by atoms with Crippen LogP contribution in [0.1, 0.15) is 36.2 Å². The van der Waals surface area contributed by atoms with E-state index in [1.165, 1.54) is 17.8 Å². The summed E-state index contributed by atoms with van der Waals surface area (Å²) in [6.45, 7) is 1.56. The smallest absolute Gasteiger partial charge is 0.271 e. The topological polar surface area (TPSA) is 46.8 Å². The lowest BCUT2D eigenvalue weighted by Crippen LogP contribution is -2.32. The Labute approximate surface area is 157 Å². The highest BCUT2D eigenvalue weighted by Gasteiger charge is 2.20. The van der Waals surface area contributed by atoms with Gasteiger partial charge < -0.3 is 9.64 Å². The minimum absolute atomic E-state index is 0.0315. The Bertz CT molecular complexity index is 881. The fourth-order valence-electron chi connectivity index (χ4n) is 3.36. The van der Waals surface area contributed by atoms with Crippen molar-refractivity contribution in [2.75, 3.05) is 20.2 Å². The highest BCUT2D eigenvalue weighted by Crippen LogP contribution is 2.24. The van der Waals surface area contributed by atoms with Crippen LogP contribution in [0, 0.1) is 0 Å². The van der Waals surface area contributed by atoms with E-state index in [1.54, 1.807) is 4.90 Å². The van der Waals surface area contributed by atoms with E-state index in [1.807, 2.05) is 53.4 Å². The van der Waals surface area contributed by atoms with E-state index >= 15 is 0 Å². The van der Waals surface area contributed by atoms with Gasteiger partial charge in [0.25, 0.3) is 5.91 Å². The molecule has 26 heavy (non-hydrogen) atoms. The van der Waals surface area contributed by atoms with E-state index in [4.69, 9.17) is 4.74 Å². The van der Waals surface area contributed by atoms with Crippen molar-refractivity contribution < 1.29 is 9.53 Å². The molecule has 0 N–H and O–H groups in total. The SMILES string of the molecule is CN(CC[C@@H]1CCCCO1)C(=O)c1csc2nc(-c3ccccc3)cn12. The van der Waals surface area contributed by atoms with E-state index in [0.29, 0.717) is 18.3 Å². The standard InChI is InChI=1S/C20H23N3O2S/c1-22(11-10-16-9-5-6-12-25-16)19(24)18-14-26-20-21-17(13-23(18)20)15-7-3-2-4-8-15/h2-4,7-8,13-14,16H,5-6,9-12H2,1H3/t16-/m0/s1. The number of aromatic nitrogens is 2. The van der Waals surface area contributed by atoms with Crippen LogP contribution in [0.2, 0.25) is 0 Å². The fourth-order valence-corrected chi connectivity index (χ4v) is 4.20. The maximum atomic E-state index is 12.9. The van der Waals surface area contributed by atoms with Gasteiger partial charge in [0.15, 0.2) is 4.96 Å². The molecule has 0 saturated carbocycles. The molecular formula is C20H23N3O2S. The molecule has 6 heteroatoms. The molecule has 1 saturated heterocycles. The van der Waals surface area contributed by atoms with Crippen LogP contribution >= 0.6 is 11.3 Å². The molecule has 1 atom stereocenters. The zero-order valence-corrected chi connectivity index (χ0v) is 15.7. The Morgan fingerprint density at radius 3 is 2.96 bits per heavy atom. The van der Waals surface area contributed by atoms with Crippen molar-refractivity contribution in [3.8, 4) is 11.3 Å². The monoisotopic (exact) mass is 369 g/mol. The van der Waals surface area contributed by atoms with E-state index < -0.39 is 0 Å². The summed E-state index contributed by atoms with van der Waals surface area (Å²) in [7, 11) is 1.86. The first kappa shape index (κ1) is 17.2. The second-order valence-electron chi connectivity index (χ2n) is 6.77. The van der Waals surface area contributed by atoms with Gasteiger partial charge in [-0.05, 0) is 25.7 Å². The van der Waals surface area contributed by atoms with Gasteiger partial charge in [-0.15, -0.1) is 11.3 Å². The van der Waals surface area contributed by atoms with Crippen LogP contribution in [-0.2, 0) is 4.74 Å². The lowest BCUT2D eigenvalue weighted by atomic mass is 10.1. The molecule has 4 rings (SSSR count). The first-order valence-corrected chi connectivity index (χ1v) is 9.99. The number of nitrogens with zero attached hydrogens (tertiary/aromatic N) is 3. The number of rotatable bonds is 5. The molecule has 5 nitrogen and oxygen atoms in total. The molecule has 2 aromatic heterocycles. The predicted octanol–water partition coefficient (Wildman–Crippen LogP) is 4.09. The van der Waals surface area contributed by atoms with Crippen LogP contribution in [0.4, 0.5) is 0 Å². The summed E-state index contributed by atoms with van der Waals surface area (Å²) in [6.07, 6.45) is 6.63. The van der Waals surface area contributed by atoms with Gasteiger partial charge in [0.05, 0.1) is 11.8 Å². The molecule has 136 valence electrons. The van der Waals surface area contributed by atoms with Crippen molar-refractivity contribution in [3.63, 3.8) is 0 Å². The highest BCUT2D eigenvalue weighted by molar-refractivity contribution is 7.15. The molecule has 0 spiro atoms. The Morgan fingerprint density at radius 1 is 1.35 bits per heavy atom. The average molecular weight is 369 g/mol. The number of imidazole rings is 1. The third-order valence-corrected chi connectivity index (χ3v) is 5.74. The lowest BCUT2D eigenvalue weighted by Gasteiger charge is -2.25. The zero-order chi connectivity index (χ0) is 17.9. The Hall–Kier alpha value is -2.18. The molecule has 0 radical (unpaired) electrons. The van der Waals surface area contributed by atoms with Gasteiger partial charge >= 0.3 is 0 Å². The first-order chi connectivity index (χ1) is 12.7. The van der Waals surface area contributed by atoms with Crippen LogP contribution < -0.4 is 0 Å². The van der Waals surface area contributed by atoms with Gasteiger partial charge in [-0.3, -0.25) is 9.20 Å². The zero-order valence-electron chi connectivity index (χ0n) is 14.9. The third kappa shape index (κ3) is 3.52. The molecule has 3 aromatic rings. The minimum Gasteiger partial charge on any atom is -0.378 e. The van der Waals surface area contributed by atoms with Gasteiger partial charge in [-0.1, -0.05) is 30.3 Å². The number of hydrogen-bond donors (Lipinski definition) is 0. The molecule has 0 aliphatic carbocycles. The summed E-state index contributed by atoms with van der Waals surface area (Å²) in [4.78, 5) is 20.2. The van der Waals surface area contributed by atoms with E-state index in [9.17, 15) is 4.79 Å². The molecule has 1 aliphatic rings. The Kier molecular flexibility index (Phi) is 5.04. The lowest BCUT2D eigenvalue weighted by molar-refractivity contribution is 0.00705. The Balaban J connectivity index is 1.48. The maximum absolute atomic E-state index is 12.9. The highest BCUT2D eigenvalue weighted by atomic mass is 32.1. The first-order valence-electron chi connectivity index (χ1n) is 9.11. The number of hydrogen-bond acceptors (Lipinski definition) is 4. The van der Waals surface area contributed by atoms with Gasteiger partial charge in [-0.2, -0.15) is 0 Å². The van der Waals surface area contributed by atoms with Gasteiger partial charge in [0.2, 0.25) is 0 Å². The van der Waals surface area contributed by atoms with Crippen molar-refractivity contribution in [2.45, 2.75) is 31.8 Å². The number of fused-ring (bicyclic) bond motifs is 1. The summed E-state index contributed by atoms with van der Waals surface area (Å²) in [5, 5.41) is 1.90. The minimum atomic E-state index is 0.0315. The van der Waals surface area contributed by atoms with Crippen molar-refractivity contribution in [2.24, 2.45) is 0 Å². The molecule has 3 heterocycles. The van der Waals surface area contributed by atoms with Crippen LogP contribution in [0.5, 0.6) is 0 Å². The molecular weight excluding hydrogens is 346 g/mol. The normalized spacial score (nSPS) is 17.5. The number of ether oxygens (including phenoxy) is 1. The van der Waals surface area contributed by atoms with Crippen LogP contribution in [-0.4, -0.2) is 46.5 Å². The number of thiazole rings is 1. The summed E-state index contributed by atoms with van der Waals surface area (Å²) in [5.74, 6) is 0.0315. The van der Waals surface area contributed by atoms with Gasteiger partial charge in [0.1, 0.15) is 5.69 Å². The van der Waals surface area contributed by atoms with Crippen LogP contribution in [0.3, 0.4) is 0 Å². The van der Waals surface area contributed by atoms with E-state index in [2.05, 4.69) is 4.98 Å². The van der Waals surface area contributed by atoms with Gasteiger partial charge in [-0.25, -0.2) is 4.98 Å². The third-order valence-electron chi connectivity index (χ3n) is 4.90. The molecule has 0 bridgehead atoms. The molecule has 1 aliphatic heterocycles. The quantitative estimate of drug-likeness (QED) is 0.680. The summed E-state index contributed by atoms with van der Waals surface area (Å²) in [5.41, 5.74) is 2.63. The van der Waals surface area contributed by atoms with Crippen LogP contribution in [0.15, 0.2) is 41.9 Å². The molecule has 0 unspecified atom stereocenters. The Morgan fingerprint density at radius 2 is 2.19 bits per heavy atom. The second-order valence-corrected chi connectivity index (χ2v) is 7.61. The molecule has 1 fully saturated rings. The number of benzene rings is 1. The molecule has 1 aromatic carbocycles. The predicted molar refractivity (Wildman–Crippen MR) is 104 cm³/mol. The summed E-state index contributed by atoms with van der Waals surface area (Å²) >= 11 is 1.50. The van der Waals surface area contributed by atoms with E-state index in [0.717, 1.165) is 42.1 Å². The summed E-state index contributed by atoms with van der Waals surface area (Å²) in [6, 6.07) is 10.0. The number of amides is 1. The number of carbonyl (C=O) groups excluding carboxylic acids is 1. The fraction of sp³-hybridized carbons (Fsp3) is 0.400. The van der Waals surface area contributed by atoms with E-state index in [-0.39, 0.29) is 5.91 Å².